The molecule has 0 bridgehead atoms. The molecule has 0 saturated heterocycles. The van der Waals surface area contributed by atoms with Crippen molar-refractivity contribution in [2.24, 2.45) is 0 Å². The number of carbonyl (C=O) groups excluding carboxylic acids is 1. The first-order chi connectivity index (χ1) is 10.3. The molecule has 0 aliphatic carbocycles. The third-order valence-corrected chi connectivity index (χ3v) is 4.94. The quantitative estimate of drug-likeness (QED) is 0.818. The van der Waals surface area contributed by atoms with Crippen LogP contribution < -0.4 is 10.2 Å². The molecule has 1 heterocycles. The minimum Gasteiger partial charge on any atom is -0.326 e. The van der Waals surface area contributed by atoms with Crippen molar-refractivity contribution >= 4 is 32.8 Å². The second kappa shape index (κ2) is 7.04. The number of amides is 1. The summed E-state index contributed by atoms with van der Waals surface area (Å²) in [5.74, 6) is -0.140. The van der Waals surface area contributed by atoms with Crippen molar-refractivity contribution in [1.82, 2.24) is 0 Å². The Morgan fingerprint density at radius 3 is 2.73 bits per heavy atom. The summed E-state index contributed by atoms with van der Waals surface area (Å²) >= 11 is 1.64. The van der Waals surface area contributed by atoms with Crippen LogP contribution in [0.25, 0.3) is 0 Å². The molecule has 1 aromatic carbocycles. The number of carbonyl (C=O) groups is 1. The first kappa shape index (κ1) is 16.7. The van der Waals surface area contributed by atoms with Gasteiger partial charge >= 0.3 is 0 Å². The van der Waals surface area contributed by atoms with Crippen LogP contribution in [-0.2, 0) is 21.2 Å². The van der Waals surface area contributed by atoms with Gasteiger partial charge in [-0.05, 0) is 35.0 Å². The Morgan fingerprint density at radius 1 is 1.32 bits per heavy atom. The largest absolute Gasteiger partial charge is 0.326 e. The van der Waals surface area contributed by atoms with Crippen LogP contribution in [-0.4, -0.2) is 34.2 Å². The van der Waals surface area contributed by atoms with Crippen molar-refractivity contribution in [3.8, 4) is 0 Å². The van der Waals surface area contributed by atoms with E-state index in [0.29, 0.717) is 12.2 Å². The minimum absolute atomic E-state index is 0.140. The highest BCUT2D eigenvalue weighted by atomic mass is 32.2. The molecule has 0 spiro atoms. The molecule has 0 aliphatic rings. The second-order valence-corrected chi connectivity index (χ2v) is 8.09. The van der Waals surface area contributed by atoms with Gasteiger partial charge in [0.15, 0.2) is 16.4 Å². The van der Waals surface area contributed by atoms with Crippen LogP contribution in [0.1, 0.15) is 5.56 Å². The third-order valence-electron chi connectivity index (χ3n) is 3.09. The summed E-state index contributed by atoms with van der Waals surface area (Å²) in [7, 11) is -1.33. The van der Waals surface area contributed by atoms with Crippen LogP contribution in [0.3, 0.4) is 0 Å². The van der Waals surface area contributed by atoms with E-state index < -0.39 is 9.84 Å². The predicted molar refractivity (Wildman–Crippen MR) is 88.0 cm³/mol. The highest BCUT2D eigenvalue weighted by molar-refractivity contribution is 7.90. The first-order valence-corrected chi connectivity index (χ1v) is 9.60. The smallest absolute Gasteiger partial charge is 0.279 e. The molecule has 2 aromatic rings. The average molecular weight is 339 g/mol. The monoisotopic (exact) mass is 339 g/mol. The highest BCUT2D eigenvalue weighted by Gasteiger charge is 2.13. The topological polar surface area (TPSA) is 67.7 Å². The summed E-state index contributed by atoms with van der Waals surface area (Å²) in [6, 6.07) is 8.33. The molecule has 22 heavy (non-hydrogen) atoms. The lowest BCUT2D eigenvalue weighted by molar-refractivity contribution is -0.885. The summed E-state index contributed by atoms with van der Waals surface area (Å²) < 4.78 is 23.0. The lowest BCUT2D eigenvalue weighted by Gasteiger charge is -2.13. The molecule has 1 atom stereocenters. The van der Waals surface area contributed by atoms with E-state index in [1.165, 1.54) is 17.7 Å². The highest BCUT2D eigenvalue weighted by Crippen LogP contribution is 2.14. The average Bonchev–Trinajstić information content (AvgIpc) is 2.90. The molecular formula is C15H19N2O3S2+. The van der Waals surface area contributed by atoms with E-state index in [1.807, 2.05) is 18.5 Å². The van der Waals surface area contributed by atoms with Crippen molar-refractivity contribution in [2.75, 3.05) is 25.2 Å². The molecule has 118 valence electrons. The Balaban J connectivity index is 1.94. The molecule has 1 aromatic heterocycles. The maximum Gasteiger partial charge on any atom is 0.279 e. The SMILES string of the molecule is C[NH+](CC(=O)Nc1cccc(S(C)(=O)=O)c1)Cc1ccsc1. The van der Waals surface area contributed by atoms with Gasteiger partial charge in [-0.25, -0.2) is 8.42 Å². The summed E-state index contributed by atoms with van der Waals surface area (Å²) in [4.78, 5) is 13.3. The van der Waals surface area contributed by atoms with E-state index in [4.69, 9.17) is 0 Å². The number of quaternary nitrogens is 1. The number of benzene rings is 1. The third kappa shape index (κ3) is 4.94. The van der Waals surface area contributed by atoms with Gasteiger partial charge in [-0.3, -0.25) is 4.79 Å². The fourth-order valence-corrected chi connectivity index (χ4v) is 3.42. The molecule has 0 saturated carbocycles. The molecule has 2 N–H and O–H groups in total. The molecule has 1 amide bonds. The van der Waals surface area contributed by atoms with Crippen LogP contribution in [0.15, 0.2) is 46.0 Å². The first-order valence-electron chi connectivity index (χ1n) is 6.77. The van der Waals surface area contributed by atoms with Crippen LogP contribution >= 0.6 is 11.3 Å². The number of rotatable bonds is 6. The normalized spacial score (nSPS) is 12.8. The van der Waals surface area contributed by atoms with Crippen LogP contribution in [0.5, 0.6) is 0 Å². The maximum atomic E-state index is 12.0. The lowest BCUT2D eigenvalue weighted by Crippen LogP contribution is -3.08. The standard InChI is InChI=1S/C15H18N2O3S2/c1-17(9-12-6-7-21-11-12)10-15(18)16-13-4-3-5-14(8-13)22(2,19)20/h3-8,11H,9-10H2,1-2H3,(H,16,18)/p+1. The molecule has 0 radical (unpaired) electrons. The zero-order chi connectivity index (χ0) is 16.2. The van der Waals surface area contributed by atoms with Crippen LogP contribution in [0.4, 0.5) is 5.69 Å². The van der Waals surface area contributed by atoms with E-state index in [9.17, 15) is 13.2 Å². The summed E-state index contributed by atoms with van der Waals surface area (Å²) in [5, 5.41) is 6.82. The number of hydrogen-bond acceptors (Lipinski definition) is 4. The predicted octanol–water partition coefficient (Wildman–Crippen LogP) is 0.805. The van der Waals surface area contributed by atoms with Gasteiger partial charge in [0, 0.05) is 17.5 Å². The van der Waals surface area contributed by atoms with Crippen molar-refractivity contribution in [2.45, 2.75) is 11.4 Å². The van der Waals surface area contributed by atoms with Gasteiger partial charge in [0.1, 0.15) is 6.54 Å². The van der Waals surface area contributed by atoms with E-state index >= 15 is 0 Å². The Hall–Kier alpha value is -1.70. The van der Waals surface area contributed by atoms with E-state index in [-0.39, 0.29) is 10.8 Å². The number of thiophene rings is 1. The fourth-order valence-electron chi connectivity index (χ4n) is 2.09. The maximum absolute atomic E-state index is 12.0. The molecule has 0 fully saturated rings. The van der Waals surface area contributed by atoms with Gasteiger partial charge in [-0.1, -0.05) is 6.07 Å². The molecule has 1 unspecified atom stereocenters. The van der Waals surface area contributed by atoms with Crippen molar-refractivity contribution in [3.05, 3.63) is 46.7 Å². The number of likely N-dealkylation sites (N-methyl/N-ethyl adjacent to an activating group) is 1. The summed E-state index contributed by atoms with van der Waals surface area (Å²) in [5.41, 5.74) is 1.70. The van der Waals surface area contributed by atoms with Crippen LogP contribution in [0.2, 0.25) is 0 Å². The number of hydrogen-bond donors (Lipinski definition) is 2. The van der Waals surface area contributed by atoms with Gasteiger partial charge in [0.25, 0.3) is 5.91 Å². The second-order valence-electron chi connectivity index (χ2n) is 5.29. The van der Waals surface area contributed by atoms with Gasteiger partial charge in [-0.15, -0.1) is 0 Å². The van der Waals surface area contributed by atoms with Crippen molar-refractivity contribution < 1.29 is 18.1 Å². The Morgan fingerprint density at radius 2 is 2.09 bits per heavy atom. The van der Waals surface area contributed by atoms with Gasteiger partial charge in [-0.2, -0.15) is 11.3 Å². The van der Waals surface area contributed by atoms with Gasteiger partial charge < -0.3 is 10.2 Å². The molecule has 7 heteroatoms. The number of sulfone groups is 1. The number of nitrogens with one attached hydrogen (secondary N) is 2. The van der Waals surface area contributed by atoms with Crippen LogP contribution in [0, 0.1) is 0 Å². The summed E-state index contributed by atoms with van der Waals surface area (Å²) in [6.07, 6.45) is 1.15. The Bertz CT molecular complexity index is 740. The fraction of sp³-hybridized carbons (Fsp3) is 0.267. The lowest BCUT2D eigenvalue weighted by atomic mass is 10.3. The molecule has 5 nitrogen and oxygen atoms in total. The zero-order valence-electron chi connectivity index (χ0n) is 12.5. The number of anilines is 1. The summed E-state index contributed by atoms with van der Waals surface area (Å²) in [6.45, 7) is 1.10. The van der Waals surface area contributed by atoms with Crippen molar-refractivity contribution in [3.63, 3.8) is 0 Å². The van der Waals surface area contributed by atoms with E-state index in [1.54, 1.807) is 23.5 Å². The minimum atomic E-state index is -3.27. The van der Waals surface area contributed by atoms with E-state index in [2.05, 4.69) is 10.7 Å². The van der Waals surface area contributed by atoms with E-state index in [0.717, 1.165) is 17.7 Å². The molecular weight excluding hydrogens is 320 g/mol. The molecule has 2 rings (SSSR count). The van der Waals surface area contributed by atoms with Gasteiger partial charge in [0.05, 0.1) is 11.9 Å². The Kier molecular flexibility index (Phi) is 5.33. The Labute approximate surface area is 134 Å². The zero-order valence-corrected chi connectivity index (χ0v) is 14.1. The van der Waals surface area contributed by atoms with Crippen molar-refractivity contribution in [1.29, 1.82) is 0 Å². The van der Waals surface area contributed by atoms with Gasteiger partial charge in [0.2, 0.25) is 0 Å². The molecule has 0 aliphatic heterocycles.